The lowest BCUT2D eigenvalue weighted by Gasteiger charge is -2.09. The summed E-state index contributed by atoms with van der Waals surface area (Å²) in [5, 5.41) is 25.1. The van der Waals surface area contributed by atoms with E-state index in [9.17, 15) is 24.8 Å². The first-order valence-electron chi connectivity index (χ1n) is 9.13. The molecule has 1 amide bonds. The van der Waals surface area contributed by atoms with E-state index < -0.39 is 27.8 Å². The molecule has 0 aliphatic rings. The van der Waals surface area contributed by atoms with Gasteiger partial charge in [-0.1, -0.05) is 29.8 Å². The maximum absolute atomic E-state index is 12.7. The summed E-state index contributed by atoms with van der Waals surface area (Å²) < 4.78 is 6.24. The minimum absolute atomic E-state index is 0.127. The number of nitrogens with zero attached hydrogens (tertiary/aromatic N) is 3. The fourth-order valence-electron chi connectivity index (χ4n) is 2.85. The van der Waals surface area contributed by atoms with Crippen molar-refractivity contribution in [2.45, 2.75) is 6.54 Å². The van der Waals surface area contributed by atoms with Crippen molar-refractivity contribution in [1.82, 2.24) is 9.99 Å². The highest BCUT2D eigenvalue weighted by Gasteiger charge is 2.19. The number of nitro benzene ring substituents is 1. The number of rotatable bonds is 7. The number of carbonyl (C=O) groups excluding carboxylic acids is 1. The number of aromatic hydroxyl groups is 1. The summed E-state index contributed by atoms with van der Waals surface area (Å²) in [5.41, 5.74) is 1.85. The molecule has 10 nitrogen and oxygen atoms in total. The van der Waals surface area contributed by atoms with Gasteiger partial charge in [-0.05, 0) is 29.8 Å². The molecule has 11 heteroatoms. The Labute approximate surface area is 186 Å². The Bertz CT molecular complexity index is 1270. The number of hydrazone groups is 1. The van der Waals surface area contributed by atoms with Gasteiger partial charge in [0, 0.05) is 22.8 Å². The van der Waals surface area contributed by atoms with Gasteiger partial charge in [-0.2, -0.15) is 5.10 Å². The number of hydrogen-bond acceptors (Lipinski definition) is 7. The van der Waals surface area contributed by atoms with Crippen molar-refractivity contribution in [3.05, 3.63) is 96.9 Å². The topological polar surface area (TPSA) is 136 Å². The van der Waals surface area contributed by atoms with E-state index in [0.717, 1.165) is 17.8 Å². The van der Waals surface area contributed by atoms with Gasteiger partial charge in [0.15, 0.2) is 5.75 Å². The third-order valence-corrected chi connectivity index (χ3v) is 4.81. The van der Waals surface area contributed by atoms with Crippen molar-refractivity contribution in [3.8, 4) is 11.5 Å². The number of nitrogens with one attached hydrogen (secondary N) is 1. The van der Waals surface area contributed by atoms with Crippen LogP contribution in [0, 0.1) is 10.1 Å². The molecule has 32 heavy (non-hydrogen) atoms. The van der Waals surface area contributed by atoms with Crippen molar-refractivity contribution in [1.29, 1.82) is 0 Å². The highest BCUT2D eigenvalue weighted by atomic mass is 35.5. The van der Waals surface area contributed by atoms with Crippen molar-refractivity contribution in [3.63, 3.8) is 0 Å². The van der Waals surface area contributed by atoms with Crippen molar-refractivity contribution in [2.75, 3.05) is 7.11 Å². The summed E-state index contributed by atoms with van der Waals surface area (Å²) in [4.78, 5) is 35.4. The lowest BCUT2D eigenvalue weighted by atomic mass is 10.2. The average molecular weight is 457 g/mol. The molecule has 3 rings (SSSR count). The minimum atomic E-state index is -0.779. The van der Waals surface area contributed by atoms with Crippen LogP contribution >= 0.6 is 11.6 Å². The van der Waals surface area contributed by atoms with Crippen LogP contribution in [-0.4, -0.2) is 33.8 Å². The summed E-state index contributed by atoms with van der Waals surface area (Å²) in [6.07, 6.45) is 2.66. The van der Waals surface area contributed by atoms with Gasteiger partial charge in [0.25, 0.3) is 11.5 Å². The third kappa shape index (κ3) is 4.93. The van der Waals surface area contributed by atoms with E-state index in [4.69, 9.17) is 16.3 Å². The fraction of sp³-hybridized carbons (Fsp3) is 0.0952. The van der Waals surface area contributed by atoms with E-state index in [1.807, 2.05) is 0 Å². The van der Waals surface area contributed by atoms with Crippen LogP contribution in [0.4, 0.5) is 5.69 Å². The molecule has 0 saturated heterocycles. The Hall–Kier alpha value is -4.18. The number of phenols is 1. The molecule has 0 bridgehead atoms. The lowest BCUT2D eigenvalue weighted by molar-refractivity contribution is -0.386. The number of benzene rings is 2. The van der Waals surface area contributed by atoms with Crippen LogP contribution in [0.5, 0.6) is 11.5 Å². The molecule has 3 aromatic rings. The number of hydrogen-bond donors (Lipinski definition) is 2. The highest BCUT2D eigenvalue weighted by molar-refractivity contribution is 6.31. The van der Waals surface area contributed by atoms with Gasteiger partial charge in [-0.25, -0.2) is 5.43 Å². The van der Waals surface area contributed by atoms with Crippen LogP contribution < -0.4 is 15.7 Å². The molecule has 0 atom stereocenters. The number of nitro groups is 1. The number of ether oxygens (including phenoxy) is 1. The third-order valence-electron chi connectivity index (χ3n) is 4.44. The Balaban J connectivity index is 1.79. The number of phenolic OH excluding ortho intramolecular Hbond substituents is 1. The fourth-order valence-corrected chi connectivity index (χ4v) is 3.05. The molecule has 0 fully saturated rings. The smallest absolute Gasteiger partial charge is 0.315 e. The Morgan fingerprint density at radius 3 is 2.75 bits per heavy atom. The first-order valence-corrected chi connectivity index (χ1v) is 9.51. The number of carbonyl (C=O) groups is 1. The van der Waals surface area contributed by atoms with Crippen molar-refractivity contribution < 1.29 is 19.6 Å². The molecule has 2 aromatic carbocycles. The van der Waals surface area contributed by atoms with Crippen molar-refractivity contribution in [2.24, 2.45) is 5.10 Å². The minimum Gasteiger partial charge on any atom is -0.500 e. The Kier molecular flexibility index (Phi) is 6.86. The number of halogens is 1. The van der Waals surface area contributed by atoms with Gasteiger partial charge >= 0.3 is 5.69 Å². The van der Waals surface area contributed by atoms with E-state index in [1.165, 1.54) is 30.0 Å². The van der Waals surface area contributed by atoms with Gasteiger partial charge in [0.1, 0.15) is 5.56 Å². The van der Waals surface area contributed by atoms with E-state index >= 15 is 0 Å². The van der Waals surface area contributed by atoms with Gasteiger partial charge in [-0.3, -0.25) is 19.7 Å². The maximum Gasteiger partial charge on any atom is 0.315 e. The maximum atomic E-state index is 12.7. The Morgan fingerprint density at radius 1 is 1.31 bits per heavy atom. The largest absolute Gasteiger partial charge is 0.500 e. The van der Waals surface area contributed by atoms with E-state index in [0.29, 0.717) is 5.02 Å². The predicted molar refractivity (Wildman–Crippen MR) is 118 cm³/mol. The summed E-state index contributed by atoms with van der Waals surface area (Å²) in [5.74, 6) is -1.51. The van der Waals surface area contributed by atoms with Crippen LogP contribution in [0.3, 0.4) is 0 Å². The second-order valence-corrected chi connectivity index (χ2v) is 6.90. The highest BCUT2D eigenvalue weighted by Crippen LogP contribution is 2.36. The number of amides is 1. The molecule has 2 N–H and O–H groups in total. The lowest BCUT2D eigenvalue weighted by Crippen LogP contribution is -2.31. The van der Waals surface area contributed by atoms with E-state index in [-0.39, 0.29) is 23.4 Å². The molecule has 0 aliphatic heterocycles. The summed E-state index contributed by atoms with van der Waals surface area (Å²) in [7, 11) is 1.24. The van der Waals surface area contributed by atoms with Gasteiger partial charge in [0.2, 0.25) is 5.75 Å². The summed E-state index contributed by atoms with van der Waals surface area (Å²) >= 11 is 6.14. The zero-order valence-electron chi connectivity index (χ0n) is 16.7. The SMILES string of the molecule is COc1cc(/C=N\NC(=O)c2cccn(Cc3ccccc3Cl)c2=O)cc([N+](=O)[O-])c1O. The molecule has 0 saturated carbocycles. The molecule has 0 spiro atoms. The molecule has 0 aliphatic carbocycles. The van der Waals surface area contributed by atoms with Gasteiger partial charge in [-0.15, -0.1) is 0 Å². The van der Waals surface area contributed by atoms with E-state index in [2.05, 4.69) is 10.5 Å². The molecule has 1 heterocycles. The first-order chi connectivity index (χ1) is 15.3. The standard InChI is InChI=1S/C21H17ClN4O6/c1-32-18-10-13(9-17(19(18)27)26(30)31)11-23-24-20(28)15-6-4-8-25(21(15)29)12-14-5-2-3-7-16(14)22/h2-11,27H,12H2,1H3,(H,24,28)/b23-11-. The zero-order chi connectivity index (χ0) is 23.3. The second kappa shape index (κ2) is 9.75. The quantitative estimate of drug-likeness (QED) is 0.318. The number of aromatic nitrogens is 1. The monoisotopic (exact) mass is 456 g/mol. The summed E-state index contributed by atoms with van der Waals surface area (Å²) in [6, 6.07) is 12.3. The molecule has 1 aromatic heterocycles. The molecular formula is C21H17ClN4O6. The van der Waals surface area contributed by atoms with Gasteiger partial charge in [0.05, 0.1) is 24.8 Å². The van der Waals surface area contributed by atoms with Crippen LogP contribution in [0.15, 0.2) is 64.6 Å². The predicted octanol–water partition coefficient (Wildman–Crippen LogP) is 2.94. The van der Waals surface area contributed by atoms with Gasteiger partial charge < -0.3 is 14.4 Å². The molecule has 164 valence electrons. The summed E-state index contributed by atoms with van der Waals surface area (Å²) in [6.45, 7) is 0.180. The van der Waals surface area contributed by atoms with Crippen LogP contribution in [0.25, 0.3) is 0 Å². The van der Waals surface area contributed by atoms with Crippen LogP contribution in [0.2, 0.25) is 5.02 Å². The number of methoxy groups -OCH3 is 1. The molecule has 0 unspecified atom stereocenters. The van der Waals surface area contributed by atoms with E-state index in [1.54, 1.807) is 30.3 Å². The average Bonchev–Trinajstić information content (AvgIpc) is 2.77. The molecule has 0 radical (unpaired) electrons. The first kappa shape index (κ1) is 22.5. The van der Waals surface area contributed by atoms with Crippen LogP contribution in [0.1, 0.15) is 21.5 Å². The van der Waals surface area contributed by atoms with Crippen molar-refractivity contribution >= 4 is 29.4 Å². The normalized spacial score (nSPS) is 10.8. The Morgan fingerprint density at radius 2 is 2.06 bits per heavy atom. The van der Waals surface area contributed by atoms with Crippen LogP contribution in [-0.2, 0) is 6.54 Å². The second-order valence-electron chi connectivity index (χ2n) is 6.49. The molecular weight excluding hydrogens is 440 g/mol. The zero-order valence-corrected chi connectivity index (χ0v) is 17.4. The number of pyridine rings is 1.